The van der Waals surface area contributed by atoms with Gasteiger partial charge in [0, 0.05) is 36.4 Å². The molecule has 7 heteroatoms. The number of aryl methyl sites for hydroxylation is 1. The van der Waals surface area contributed by atoms with Crippen molar-refractivity contribution in [2.45, 2.75) is 20.4 Å². The van der Waals surface area contributed by atoms with Crippen LogP contribution in [0.15, 0.2) is 35.3 Å². The number of amides is 1. The first kappa shape index (κ1) is 18.1. The lowest BCUT2D eigenvalue weighted by molar-refractivity contribution is -0.121. The number of carbonyl (C=O) groups is 1. The normalized spacial score (nSPS) is 11.5. The van der Waals surface area contributed by atoms with E-state index in [0.717, 1.165) is 35.9 Å². The Morgan fingerprint density at radius 2 is 1.92 bits per heavy atom. The quantitative estimate of drug-likeness (QED) is 0.694. The van der Waals surface area contributed by atoms with Gasteiger partial charge >= 0.3 is 0 Å². The highest BCUT2D eigenvalue weighted by atomic mass is 16.2. The van der Waals surface area contributed by atoms with Crippen LogP contribution in [0.25, 0.3) is 21.8 Å². The average Bonchev–Trinajstić information content (AvgIpc) is 2.96. The Hall–Kier alpha value is -2.67. The van der Waals surface area contributed by atoms with Crippen LogP contribution in [0.2, 0.25) is 0 Å². The molecule has 0 radical (unpaired) electrons. The summed E-state index contributed by atoms with van der Waals surface area (Å²) >= 11 is 0. The maximum absolute atomic E-state index is 12.6. The van der Waals surface area contributed by atoms with Crippen LogP contribution in [-0.4, -0.2) is 51.3 Å². The fourth-order valence-electron chi connectivity index (χ4n) is 3.30. The Kier molecular flexibility index (Phi) is 5.37. The minimum atomic E-state index is -0.199. The van der Waals surface area contributed by atoms with Crippen molar-refractivity contribution in [1.29, 1.82) is 0 Å². The van der Waals surface area contributed by atoms with E-state index in [1.54, 1.807) is 17.8 Å². The third kappa shape index (κ3) is 3.35. The van der Waals surface area contributed by atoms with Gasteiger partial charge in [0.15, 0.2) is 0 Å². The van der Waals surface area contributed by atoms with Gasteiger partial charge in [-0.05, 0) is 19.2 Å². The van der Waals surface area contributed by atoms with Crippen molar-refractivity contribution < 1.29 is 4.79 Å². The van der Waals surface area contributed by atoms with E-state index in [-0.39, 0.29) is 18.0 Å². The molecule has 1 amide bonds. The summed E-state index contributed by atoms with van der Waals surface area (Å²) in [4.78, 5) is 27.4. The van der Waals surface area contributed by atoms with Crippen LogP contribution in [0.1, 0.15) is 13.8 Å². The van der Waals surface area contributed by atoms with Crippen LogP contribution < -0.4 is 10.9 Å². The average molecular weight is 355 g/mol. The van der Waals surface area contributed by atoms with Gasteiger partial charge in [-0.25, -0.2) is 4.68 Å². The molecular formula is C19H25N5O2. The zero-order valence-electron chi connectivity index (χ0n) is 15.5. The number of nitrogens with zero attached hydrogens (tertiary/aromatic N) is 4. The smallest absolute Gasteiger partial charge is 0.291 e. The monoisotopic (exact) mass is 355 g/mol. The van der Waals surface area contributed by atoms with Crippen molar-refractivity contribution in [3.8, 4) is 0 Å². The molecule has 0 aliphatic rings. The molecule has 2 aromatic heterocycles. The first-order valence-electron chi connectivity index (χ1n) is 8.99. The molecule has 3 rings (SSSR count). The van der Waals surface area contributed by atoms with Gasteiger partial charge in [-0.1, -0.05) is 32.0 Å². The molecule has 26 heavy (non-hydrogen) atoms. The predicted molar refractivity (Wildman–Crippen MR) is 103 cm³/mol. The van der Waals surface area contributed by atoms with Crippen LogP contribution >= 0.6 is 0 Å². The number of rotatable bonds is 7. The molecule has 0 bridgehead atoms. The molecule has 0 saturated carbocycles. The van der Waals surface area contributed by atoms with Gasteiger partial charge in [-0.2, -0.15) is 5.10 Å². The van der Waals surface area contributed by atoms with E-state index in [1.807, 2.05) is 24.3 Å². The zero-order chi connectivity index (χ0) is 18.7. The van der Waals surface area contributed by atoms with Gasteiger partial charge in [-0.3, -0.25) is 9.59 Å². The fourth-order valence-corrected chi connectivity index (χ4v) is 3.30. The minimum absolute atomic E-state index is 0.0984. The van der Waals surface area contributed by atoms with E-state index in [0.29, 0.717) is 12.1 Å². The molecule has 0 unspecified atom stereocenters. The fraction of sp³-hybridized carbons (Fsp3) is 0.421. The van der Waals surface area contributed by atoms with Crippen LogP contribution in [0, 0.1) is 0 Å². The molecule has 0 fully saturated rings. The Balaban J connectivity index is 1.90. The van der Waals surface area contributed by atoms with Crippen molar-refractivity contribution >= 4 is 27.7 Å². The Labute approximate surface area is 152 Å². The molecule has 3 aromatic rings. The lowest BCUT2D eigenvalue weighted by Gasteiger charge is -2.18. The van der Waals surface area contributed by atoms with E-state index in [9.17, 15) is 9.59 Å². The van der Waals surface area contributed by atoms with Crippen LogP contribution in [0.4, 0.5) is 0 Å². The van der Waals surface area contributed by atoms with Gasteiger partial charge in [0.2, 0.25) is 5.91 Å². The first-order chi connectivity index (χ1) is 12.6. The lowest BCUT2D eigenvalue weighted by atomic mass is 10.2. The largest absolute Gasteiger partial charge is 0.353 e. The van der Waals surface area contributed by atoms with E-state index in [2.05, 4.69) is 29.2 Å². The third-order valence-corrected chi connectivity index (χ3v) is 4.81. The number of hydrogen-bond acceptors (Lipinski definition) is 4. The van der Waals surface area contributed by atoms with Gasteiger partial charge in [0.05, 0.1) is 6.20 Å². The summed E-state index contributed by atoms with van der Waals surface area (Å²) in [6.45, 7) is 7.65. The van der Waals surface area contributed by atoms with Crippen LogP contribution in [0.5, 0.6) is 0 Å². The summed E-state index contributed by atoms with van der Waals surface area (Å²) in [5, 5.41) is 8.79. The molecule has 7 nitrogen and oxygen atoms in total. The minimum Gasteiger partial charge on any atom is -0.353 e. The predicted octanol–water partition coefficient (Wildman–Crippen LogP) is 1.35. The molecular weight excluding hydrogens is 330 g/mol. The highest BCUT2D eigenvalue weighted by Gasteiger charge is 2.16. The van der Waals surface area contributed by atoms with Crippen molar-refractivity contribution in [2.24, 2.45) is 7.05 Å². The lowest BCUT2D eigenvalue weighted by Crippen LogP contribution is -2.36. The third-order valence-electron chi connectivity index (χ3n) is 4.81. The summed E-state index contributed by atoms with van der Waals surface area (Å²) in [5.41, 5.74) is 1.18. The second-order valence-corrected chi connectivity index (χ2v) is 6.32. The SMILES string of the molecule is CCN(CC)CCNC(=O)Cn1c2ccccc2c2cnn(C)c(=O)c21. The number of fused-ring (bicyclic) bond motifs is 3. The van der Waals surface area contributed by atoms with E-state index in [4.69, 9.17) is 0 Å². The Bertz CT molecular complexity index is 985. The van der Waals surface area contributed by atoms with Gasteiger partial charge in [0.1, 0.15) is 12.1 Å². The van der Waals surface area contributed by atoms with Crippen molar-refractivity contribution in [1.82, 2.24) is 24.6 Å². The molecule has 0 aliphatic heterocycles. The molecule has 1 aromatic carbocycles. The second kappa shape index (κ2) is 7.70. The summed E-state index contributed by atoms with van der Waals surface area (Å²) in [6, 6.07) is 7.72. The van der Waals surface area contributed by atoms with Crippen molar-refractivity contribution in [3.63, 3.8) is 0 Å². The molecule has 1 N–H and O–H groups in total. The summed E-state index contributed by atoms with van der Waals surface area (Å²) < 4.78 is 3.09. The highest BCUT2D eigenvalue weighted by Crippen LogP contribution is 2.25. The maximum Gasteiger partial charge on any atom is 0.291 e. The number of nitrogens with one attached hydrogen (secondary N) is 1. The number of carbonyl (C=O) groups excluding carboxylic acids is 1. The number of likely N-dealkylation sites (N-methyl/N-ethyl adjacent to an activating group) is 1. The Morgan fingerprint density at radius 1 is 1.19 bits per heavy atom. The molecule has 138 valence electrons. The molecule has 0 atom stereocenters. The topological polar surface area (TPSA) is 72.2 Å². The second-order valence-electron chi connectivity index (χ2n) is 6.32. The molecule has 0 saturated heterocycles. The zero-order valence-corrected chi connectivity index (χ0v) is 15.5. The summed E-state index contributed by atoms with van der Waals surface area (Å²) in [7, 11) is 1.62. The highest BCUT2D eigenvalue weighted by molar-refractivity contribution is 6.07. The molecule has 2 heterocycles. The number of benzene rings is 1. The van der Waals surface area contributed by atoms with Gasteiger partial charge in [-0.15, -0.1) is 0 Å². The number of hydrogen-bond donors (Lipinski definition) is 1. The molecule has 0 aliphatic carbocycles. The number of para-hydroxylation sites is 1. The summed E-state index contributed by atoms with van der Waals surface area (Å²) in [5.74, 6) is -0.0984. The molecule has 0 spiro atoms. The summed E-state index contributed by atoms with van der Waals surface area (Å²) in [6.07, 6.45) is 1.69. The first-order valence-corrected chi connectivity index (χ1v) is 8.99. The maximum atomic E-state index is 12.6. The van der Waals surface area contributed by atoms with E-state index < -0.39 is 0 Å². The van der Waals surface area contributed by atoms with Crippen LogP contribution in [0.3, 0.4) is 0 Å². The van der Waals surface area contributed by atoms with Crippen molar-refractivity contribution in [2.75, 3.05) is 26.2 Å². The van der Waals surface area contributed by atoms with E-state index >= 15 is 0 Å². The van der Waals surface area contributed by atoms with Gasteiger partial charge < -0.3 is 14.8 Å². The van der Waals surface area contributed by atoms with Crippen molar-refractivity contribution in [3.05, 3.63) is 40.8 Å². The number of aromatic nitrogens is 3. The van der Waals surface area contributed by atoms with Crippen LogP contribution in [-0.2, 0) is 18.4 Å². The van der Waals surface area contributed by atoms with Gasteiger partial charge in [0.25, 0.3) is 5.56 Å². The Morgan fingerprint density at radius 3 is 2.65 bits per heavy atom. The standard InChI is InChI=1S/C19H25N5O2/c1-4-23(5-2)11-10-20-17(25)13-24-16-9-7-6-8-14(16)15-12-21-22(3)19(26)18(15)24/h6-9,12H,4-5,10-11,13H2,1-3H3,(H,20,25). The van der Waals surface area contributed by atoms with E-state index in [1.165, 1.54) is 4.68 Å².